The highest BCUT2D eigenvalue weighted by Crippen LogP contribution is 2.20. The second kappa shape index (κ2) is 5.21. The van der Waals surface area contributed by atoms with Crippen LogP contribution >= 0.6 is 0 Å². The van der Waals surface area contributed by atoms with Crippen LogP contribution in [0.5, 0.6) is 5.75 Å². The van der Waals surface area contributed by atoms with Gasteiger partial charge in [-0.15, -0.1) is 0 Å². The number of ether oxygens (including phenoxy) is 1. The van der Waals surface area contributed by atoms with Crippen LogP contribution in [0.25, 0.3) is 0 Å². The van der Waals surface area contributed by atoms with Crippen LogP contribution < -0.4 is 10.5 Å². The summed E-state index contributed by atoms with van der Waals surface area (Å²) in [5, 5.41) is 0. The van der Waals surface area contributed by atoms with E-state index in [1.54, 1.807) is 0 Å². The molecule has 0 radical (unpaired) electrons. The lowest BCUT2D eigenvalue weighted by Gasteiger charge is -2.28. The van der Waals surface area contributed by atoms with Crippen LogP contribution in [-0.2, 0) is 0 Å². The Kier molecular flexibility index (Phi) is 4.19. The van der Waals surface area contributed by atoms with Crippen molar-refractivity contribution in [3.63, 3.8) is 0 Å². The zero-order valence-electron chi connectivity index (χ0n) is 10.7. The van der Waals surface area contributed by atoms with E-state index in [2.05, 4.69) is 32.8 Å². The molecule has 0 unspecified atom stereocenters. The molecule has 0 heterocycles. The summed E-state index contributed by atoms with van der Waals surface area (Å²) in [6.45, 7) is 6.10. The Hall–Kier alpha value is -1.22. The zero-order chi connectivity index (χ0) is 12.2. The Balaban J connectivity index is 2.47. The quantitative estimate of drug-likeness (QED) is 0.776. The third-order valence-corrected chi connectivity index (χ3v) is 2.25. The van der Waals surface area contributed by atoms with Gasteiger partial charge in [-0.2, -0.15) is 0 Å². The lowest BCUT2D eigenvalue weighted by atomic mass is 9.94. The lowest BCUT2D eigenvalue weighted by molar-refractivity contribution is 0.141. The third-order valence-electron chi connectivity index (χ3n) is 2.25. The molecule has 0 atom stereocenters. The van der Waals surface area contributed by atoms with Gasteiger partial charge in [-0.05, 0) is 38.4 Å². The van der Waals surface area contributed by atoms with Crippen LogP contribution in [-0.4, -0.2) is 32.1 Å². The molecule has 1 aromatic rings. The number of nitrogens with zero attached hydrogens (tertiary/aromatic N) is 1. The molecule has 0 fully saturated rings. The van der Waals surface area contributed by atoms with Gasteiger partial charge >= 0.3 is 0 Å². The van der Waals surface area contributed by atoms with Gasteiger partial charge < -0.3 is 15.4 Å². The number of nitrogens with two attached hydrogens (primary N) is 1. The summed E-state index contributed by atoms with van der Waals surface area (Å²) in [4.78, 5) is 2.17. The molecule has 16 heavy (non-hydrogen) atoms. The second-order valence-electron chi connectivity index (χ2n) is 5.26. The van der Waals surface area contributed by atoms with E-state index in [0.717, 1.165) is 18.0 Å². The Bertz CT molecular complexity index is 317. The van der Waals surface area contributed by atoms with Gasteiger partial charge in [0.1, 0.15) is 5.75 Å². The first-order valence-corrected chi connectivity index (χ1v) is 5.52. The normalized spacial score (nSPS) is 11.8. The van der Waals surface area contributed by atoms with Crippen LogP contribution in [0.2, 0.25) is 0 Å². The molecular formula is C13H22N2O. The van der Waals surface area contributed by atoms with Crippen molar-refractivity contribution in [2.24, 2.45) is 5.41 Å². The highest BCUT2D eigenvalue weighted by atomic mass is 16.5. The lowest BCUT2D eigenvalue weighted by Crippen LogP contribution is -2.33. The number of hydrogen-bond acceptors (Lipinski definition) is 3. The first-order valence-electron chi connectivity index (χ1n) is 5.52. The molecule has 0 saturated heterocycles. The van der Waals surface area contributed by atoms with Crippen molar-refractivity contribution in [1.29, 1.82) is 0 Å². The van der Waals surface area contributed by atoms with Gasteiger partial charge in [0.15, 0.2) is 0 Å². The molecule has 3 nitrogen and oxygen atoms in total. The number of hydrogen-bond donors (Lipinski definition) is 1. The van der Waals surface area contributed by atoms with Gasteiger partial charge in [-0.25, -0.2) is 0 Å². The van der Waals surface area contributed by atoms with Crippen LogP contribution in [0.4, 0.5) is 5.69 Å². The largest absolute Gasteiger partial charge is 0.493 e. The number of anilines is 1. The van der Waals surface area contributed by atoms with Crippen molar-refractivity contribution >= 4 is 5.69 Å². The van der Waals surface area contributed by atoms with Crippen molar-refractivity contribution in [3.8, 4) is 5.75 Å². The molecule has 0 aliphatic rings. The monoisotopic (exact) mass is 222 g/mol. The van der Waals surface area contributed by atoms with Gasteiger partial charge in [0.05, 0.1) is 6.61 Å². The van der Waals surface area contributed by atoms with E-state index in [1.807, 2.05) is 24.3 Å². The fourth-order valence-corrected chi connectivity index (χ4v) is 1.74. The number of benzene rings is 1. The molecule has 0 amide bonds. The first kappa shape index (κ1) is 12.8. The van der Waals surface area contributed by atoms with Crippen LogP contribution in [0, 0.1) is 5.41 Å². The smallest absolute Gasteiger partial charge is 0.119 e. The summed E-state index contributed by atoms with van der Waals surface area (Å²) in [6, 6.07) is 7.52. The van der Waals surface area contributed by atoms with E-state index >= 15 is 0 Å². The Morgan fingerprint density at radius 3 is 2.25 bits per heavy atom. The van der Waals surface area contributed by atoms with Crippen molar-refractivity contribution in [2.45, 2.75) is 13.8 Å². The minimum atomic E-state index is 0.144. The highest BCUT2D eigenvalue weighted by molar-refractivity contribution is 5.41. The molecule has 0 spiro atoms. The van der Waals surface area contributed by atoms with E-state index in [9.17, 15) is 0 Å². The molecule has 1 rings (SSSR count). The minimum absolute atomic E-state index is 0.144. The van der Waals surface area contributed by atoms with Crippen molar-refractivity contribution in [1.82, 2.24) is 4.90 Å². The molecule has 0 aliphatic heterocycles. The number of rotatable bonds is 5. The summed E-state index contributed by atoms with van der Waals surface area (Å²) in [6.07, 6.45) is 0. The molecule has 0 aliphatic carbocycles. The number of nitrogen functional groups attached to an aromatic ring is 1. The van der Waals surface area contributed by atoms with Crippen LogP contribution in [0.15, 0.2) is 24.3 Å². The van der Waals surface area contributed by atoms with Crippen molar-refractivity contribution in [3.05, 3.63) is 24.3 Å². The van der Waals surface area contributed by atoms with Crippen LogP contribution in [0.3, 0.4) is 0 Å². The standard InChI is InChI=1S/C13H22N2O/c1-13(2,9-15(3)4)10-16-12-7-5-11(14)6-8-12/h5-8H,9-10,14H2,1-4H3. The Labute approximate surface area is 98.2 Å². The molecule has 0 bridgehead atoms. The summed E-state index contributed by atoms with van der Waals surface area (Å²) in [7, 11) is 4.15. The first-order chi connectivity index (χ1) is 7.39. The molecule has 3 heteroatoms. The molecular weight excluding hydrogens is 200 g/mol. The fourth-order valence-electron chi connectivity index (χ4n) is 1.74. The summed E-state index contributed by atoms with van der Waals surface area (Å²) < 4.78 is 5.74. The van der Waals surface area contributed by atoms with E-state index < -0.39 is 0 Å². The fraction of sp³-hybridized carbons (Fsp3) is 0.538. The topological polar surface area (TPSA) is 38.5 Å². The van der Waals surface area contributed by atoms with E-state index in [1.165, 1.54) is 0 Å². The summed E-state index contributed by atoms with van der Waals surface area (Å²) >= 11 is 0. The van der Waals surface area contributed by atoms with Crippen molar-refractivity contribution in [2.75, 3.05) is 33.0 Å². The average molecular weight is 222 g/mol. The summed E-state index contributed by atoms with van der Waals surface area (Å²) in [5.41, 5.74) is 6.52. The predicted octanol–water partition coefficient (Wildman–Crippen LogP) is 2.24. The SMILES string of the molecule is CN(C)CC(C)(C)COc1ccc(N)cc1. The molecule has 0 saturated carbocycles. The summed E-state index contributed by atoms with van der Waals surface area (Å²) in [5.74, 6) is 0.876. The van der Waals surface area contributed by atoms with Crippen molar-refractivity contribution < 1.29 is 4.74 Å². The maximum absolute atomic E-state index is 5.74. The Morgan fingerprint density at radius 2 is 1.75 bits per heavy atom. The Morgan fingerprint density at radius 1 is 1.19 bits per heavy atom. The molecule has 90 valence electrons. The molecule has 1 aromatic carbocycles. The van der Waals surface area contributed by atoms with Gasteiger partial charge in [0.2, 0.25) is 0 Å². The van der Waals surface area contributed by atoms with Crippen LogP contribution in [0.1, 0.15) is 13.8 Å². The maximum Gasteiger partial charge on any atom is 0.119 e. The third kappa shape index (κ3) is 4.53. The highest BCUT2D eigenvalue weighted by Gasteiger charge is 2.19. The van der Waals surface area contributed by atoms with Gasteiger partial charge in [-0.1, -0.05) is 13.8 Å². The molecule has 2 N–H and O–H groups in total. The van der Waals surface area contributed by atoms with E-state index in [4.69, 9.17) is 10.5 Å². The maximum atomic E-state index is 5.74. The van der Waals surface area contributed by atoms with Gasteiger partial charge in [0.25, 0.3) is 0 Å². The average Bonchev–Trinajstić information content (AvgIpc) is 2.15. The second-order valence-corrected chi connectivity index (χ2v) is 5.26. The van der Waals surface area contributed by atoms with E-state index in [0.29, 0.717) is 6.61 Å². The zero-order valence-corrected chi connectivity index (χ0v) is 10.7. The van der Waals surface area contributed by atoms with E-state index in [-0.39, 0.29) is 5.41 Å². The van der Waals surface area contributed by atoms with Gasteiger partial charge in [-0.3, -0.25) is 0 Å². The van der Waals surface area contributed by atoms with Gasteiger partial charge in [0, 0.05) is 17.6 Å². The minimum Gasteiger partial charge on any atom is -0.493 e. The molecule has 0 aromatic heterocycles. The predicted molar refractivity (Wildman–Crippen MR) is 68.7 cm³/mol.